The Morgan fingerprint density at radius 3 is 2.38 bits per heavy atom. The highest BCUT2D eigenvalue weighted by molar-refractivity contribution is 6.20. The van der Waals surface area contributed by atoms with Gasteiger partial charge in [0.1, 0.15) is 0 Å². The van der Waals surface area contributed by atoms with Crippen LogP contribution in [0.2, 0.25) is 0 Å². The van der Waals surface area contributed by atoms with Gasteiger partial charge in [0.15, 0.2) is 0 Å². The lowest BCUT2D eigenvalue weighted by Gasteiger charge is -2.34. The van der Waals surface area contributed by atoms with E-state index in [0.29, 0.717) is 11.5 Å². The highest BCUT2D eigenvalue weighted by Crippen LogP contribution is 2.32. The molecule has 1 aromatic rings. The first kappa shape index (κ1) is 13.7. The molecule has 21 heavy (non-hydrogen) atoms. The molecule has 0 saturated heterocycles. The molecular weight excluding hydrogens is 270 g/mol. The van der Waals surface area contributed by atoms with E-state index in [0.717, 1.165) is 0 Å². The summed E-state index contributed by atoms with van der Waals surface area (Å²) in [6.07, 6.45) is 7.28. The molecule has 3 rings (SSSR count). The average molecular weight is 285 g/mol. The summed E-state index contributed by atoms with van der Waals surface area (Å²) in [6.45, 7) is 1.89. The zero-order chi connectivity index (χ0) is 15.0. The molecule has 0 bridgehead atoms. The van der Waals surface area contributed by atoms with Gasteiger partial charge in [-0.1, -0.05) is 37.3 Å². The van der Waals surface area contributed by atoms with Gasteiger partial charge in [-0.3, -0.25) is 9.59 Å². The van der Waals surface area contributed by atoms with Crippen molar-refractivity contribution in [3.63, 3.8) is 0 Å². The van der Waals surface area contributed by atoms with E-state index in [1.807, 2.05) is 6.92 Å². The van der Waals surface area contributed by atoms with Crippen LogP contribution < -0.4 is 0 Å². The summed E-state index contributed by atoms with van der Waals surface area (Å²) < 4.78 is 0. The van der Waals surface area contributed by atoms with Crippen molar-refractivity contribution in [2.45, 2.75) is 19.1 Å². The summed E-state index contributed by atoms with van der Waals surface area (Å²) in [6, 6.07) is 6.49. The molecule has 2 atom stereocenters. The molecule has 0 fully saturated rings. The molecule has 108 valence electrons. The first-order chi connectivity index (χ1) is 10.1. The van der Waals surface area contributed by atoms with Crippen LogP contribution >= 0.6 is 0 Å². The Balaban J connectivity index is 1.90. The zero-order valence-corrected chi connectivity index (χ0v) is 11.5. The van der Waals surface area contributed by atoms with Crippen molar-refractivity contribution in [2.24, 2.45) is 5.92 Å². The van der Waals surface area contributed by atoms with Crippen LogP contribution in [0, 0.1) is 5.92 Å². The number of benzene rings is 1. The van der Waals surface area contributed by atoms with E-state index in [1.165, 1.54) is 6.08 Å². The predicted octanol–water partition coefficient (Wildman–Crippen LogP) is 2.05. The van der Waals surface area contributed by atoms with Crippen molar-refractivity contribution in [2.75, 3.05) is 0 Å². The Bertz CT molecular complexity index is 629. The molecule has 2 aliphatic rings. The van der Waals surface area contributed by atoms with E-state index in [1.54, 1.807) is 42.5 Å². The summed E-state index contributed by atoms with van der Waals surface area (Å²) in [7, 11) is 0. The number of allylic oxidation sites excluding steroid dienone is 2. The van der Waals surface area contributed by atoms with Crippen molar-refractivity contribution in [3.8, 4) is 0 Å². The second kappa shape index (κ2) is 4.95. The summed E-state index contributed by atoms with van der Waals surface area (Å²) in [5, 5.41) is 11.2. The van der Waals surface area contributed by atoms with E-state index >= 15 is 0 Å². The third-order valence-electron chi connectivity index (χ3n) is 3.75. The molecule has 2 amide bonds. The standard InChI is InChI=1S/C16H15NO4/c1-2-11-7-5-6-10-16(11,20)21-17-14(18)12-8-3-4-9-13(12)15(17)19/h3-11,20H,2H2,1H3. The predicted molar refractivity (Wildman–Crippen MR) is 75.0 cm³/mol. The van der Waals surface area contributed by atoms with Crippen LogP contribution in [0.1, 0.15) is 34.1 Å². The van der Waals surface area contributed by atoms with E-state index in [-0.39, 0.29) is 17.0 Å². The van der Waals surface area contributed by atoms with Crippen LogP contribution in [-0.4, -0.2) is 27.8 Å². The van der Waals surface area contributed by atoms with Gasteiger partial charge in [0.2, 0.25) is 5.79 Å². The minimum atomic E-state index is -1.70. The van der Waals surface area contributed by atoms with Gasteiger partial charge in [-0.25, -0.2) is 4.84 Å². The SMILES string of the molecule is CCC1C=CC=CC1(O)ON1C(=O)c2ccccc2C1=O. The van der Waals surface area contributed by atoms with E-state index in [9.17, 15) is 14.7 Å². The molecule has 0 radical (unpaired) electrons. The largest absolute Gasteiger partial charge is 0.360 e. The van der Waals surface area contributed by atoms with Crippen molar-refractivity contribution >= 4 is 11.8 Å². The fraction of sp³-hybridized carbons (Fsp3) is 0.250. The lowest BCUT2D eigenvalue weighted by Crippen LogP contribution is -2.46. The Hall–Kier alpha value is -2.24. The summed E-state index contributed by atoms with van der Waals surface area (Å²) in [5.41, 5.74) is 0.573. The number of aliphatic hydroxyl groups is 1. The van der Waals surface area contributed by atoms with Gasteiger partial charge in [0.05, 0.1) is 11.1 Å². The van der Waals surface area contributed by atoms with Gasteiger partial charge in [-0.05, 0) is 24.6 Å². The fourth-order valence-electron chi connectivity index (χ4n) is 2.58. The summed E-state index contributed by atoms with van der Waals surface area (Å²) >= 11 is 0. The highest BCUT2D eigenvalue weighted by Gasteiger charge is 2.44. The van der Waals surface area contributed by atoms with Crippen LogP contribution in [0.5, 0.6) is 0 Å². The third kappa shape index (κ3) is 2.11. The van der Waals surface area contributed by atoms with Crippen LogP contribution in [-0.2, 0) is 4.84 Å². The summed E-state index contributed by atoms with van der Waals surface area (Å²) in [5.74, 6) is -3.13. The molecule has 0 aromatic heterocycles. The van der Waals surface area contributed by atoms with E-state index < -0.39 is 17.6 Å². The topological polar surface area (TPSA) is 66.8 Å². The number of carbonyl (C=O) groups is 2. The first-order valence-corrected chi connectivity index (χ1v) is 6.82. The number of hydrogen-bond donors (Lipinski definition) is 1. The Kier molecular flexibility index (Phi) is 3.23. The molecular formula is C16H15NO4. The Labute approximate surface area is 122 Å². The number of rotatable bonds is 3. The minimum absolute atomic E-state index is 0.287. The van der Waals surface area contributed by atoms with Gasteiger partial charge in [-0.2, -0.15) is 0 Å². The number of nitrogens with zero attached hydrogens (tertiary/aromatic N) is 1. The maximum atomic E-state index is 12.2. The monoisotopic (exact) mass is 285 g/mol. The van der Waals surface area contributed by atoms with Crippen LogP contribution in [0.15, 0.2) is 48.6 Å². The molecule has 0 spiro atoms. The molecule has 1 aliphatic heterocycles. The number of imide groups is 1. The van der Waals surface area contributed by atoms with Crippen LogP contribution in [0.3, 0.4) is 0 Å². The molecule has 1 N–H and O–H groups in total. The van der Waals surface area contributed by atoms with Crippen LogP contribution in [0.25, 0.3) is 0 Å². The lowest BCUT2D eigenvalue weighted by atomic mass is 9.92. The summed E-state index contributed by atoms with van der Waals surface area (Å²) in [4.78, 5) is 29.9. The van der Waals surface area contributed by atoms with Crippen molar-refractivity contribution in [1.29, 1.82) is 0 Å². The van der Waals surface area contributed by atoms with Gasteiger partial charge in [-0.15, -0.1) is 5.06 Å². The van der Waals surface area contributed by atoms with Gasteiger partial charge < -0.3 is 5.11 Å². The Morgan fingerprint density at radius 2 is 1.81 bits per heavy atom. The molecule has 1 heterocycles. The van der Waals surface area contributed by atoms with Crippen molar-refractivity contribution in [3.05, 3.63) is 59.7 Å². The van der Waals surface area contributed by atoms with E-state index in [4.69, 9.17) is 4.84 Å². The number of amides is 2. The number of fused-ring (bicyclic) bond motifs is 1. The number of hydroxylamine groups is 2. The molecule has 5 nitrogen and oxygen atoms in total. The molecule has 0 saturated carbocycles. The zero-order valence-electron chi connectivity index (χ0n) is 11.5. The van der Waals surface area contributed by atoms with Crippen molar-refractivity contribution in [1.82, 2.24) is 5.06 Å². The Morgan fingerprint density at radius 1 is 1.19 bits per heavy atom. The van der Waals surface area contributed by atoms with Gasteiger partial charge in [0, 0.05) is 5.92 Å². The third-order valence-corrected chi connectivity index (χ3v) is 3.75. The second-order valence-electron chi connectivity index (χ2n) is 5.05. The van der Waals surface area contributed by atoms with E-state index in [2.05, 4.69) is 0 Å². The molecule has 1 aromatic carbocycles. The highest BCUT2D eigenvalue weighted by atomic mass is 16.8. The average Bonchev–Trinajstić information content (AvgIpc) is 2.73. The van der Waals surface area contributed by atoms with Gasteiger partial charge in [0.25, 0.3) is 11.8 Å². The van der Waals surface area contributed by atoms with Crippen LogP contribution in [0.4, 0.5) is 0 Å². The number of hydrogen-bond acceptors (Lipinski definition) is 4. The smallest absolute Gasteiger partial charge is 0.286 e. The quantitative estimate of drug-likeness (QED) is 0.682. The number of carbonyl (C=O) groups excluding carboxylic acids is 2. The maximum absolute atomic E-state index is 12.2. The molecule has 2 unspecified atom stereocenters. The molecule has 5 heteroatoms. The maximum Gasteiger partial charge on any atom is 0.286 e. The molecule has 1 aliphatic carbocycles. The van der Waals surface area contributed by atoms with Gasteiger partial charge >= 0.3 is 0 Å². The second-order valence-corrected chi connectivity index (χ2v) is 5.05. The normalized spacial score (nSPS) is 27.3. The minimum Gasteiger partial charge on any atom is -0.360 e. The first-order valence-electron chi connectivity index (χ1n) is 6.82. The fourth-order valence-corrected chi connectivity index (χ4v) is 2.58. The lowest BCUT2D eigenvalue weighted by molar-refractivity contribution is -0.279. The van der Waals surface area contributed by atoms with Crippen molar-refractivity contribution < 1.29 is 19.5 Å².